The average molecular weight is 425 g/mol. The van der Waals surface area contributed by atoms with Crippen molar-refractivity contribution in [1.82, 2.24) is 20.5 Å². The number of hydrogen-bond acceptors (Lipinski definition) is 8. The van der Waals surface area contributed by atoms with Crippen LogP contribution in [0.15, 0.2) is 35.3 Å². The Hall–Kier alpha value is -2.85. The van der Waals surface area contributed by atoms with Crippen molar-refractivity contribution in [3.05, 3.63) is 47.2 Å². The summed E-state index contributed by atoms with van der Waals surface area (Å²) in [6.07, 6.45) is -0.112. The van der Waals surface area contributed by atoms with Crippen molar-refractivity contribution in [3.8, 4) is 11.3 Å². The molecule has 6 N–H and O–H groups in total. The molecule has 4 rings (SSSR count). The molecule has 31 heavy (non-hydrogen) atoms. The number of carbonyl (C=O) groups excluding carboxylic acids is 1. The SMILES string of the molecule is [2H][C@]1(NCC(C)N)NC=Nc2c(C(N)=O)cc(-c3ccc(CN4CCOCC4)cc3)nc21. The summed E-state index contributed by atoms with van der Waals surface area (Å²) in [5.41, 5.74) is 14.9. The van der Waals surface area contributed by atoms with Crippen LogP contribution in [-0.2, 0) is 11.3 Å². The third-order valence-electron chi connectivity index (χ3n) is 5.26. The van der Waals surface area contributed by atoms with Gasteiger partial charge in [-0.05, 0) is 18.6 Å². The lowest BCUT2D eigenvalue weighted by Gasteiger charge is -2.26. The van der Waals surface area contributed by atoms with Crippen LogP contribution < -0.4 is 22.1 Å². The largest absolute Gasteiger partial charge is 0.379 e. The number of nitrogens with zero attached hydrogens (tertiary/aromatic N) is 3. The number of hydrogen-bond donors (Lipinski definition) is 4. The minimum absolute atomic E-state index is 0.167. The van der Waals surface area contributed by atoms with E-state index in [4.69, 9.17) is 22.6 Å². The minimum atomic E-state index is -1.48. The van der Waals surface area contributed by atoms with Crippen molar-refractivity contribution in [2.75, 3.05) is 32.8 Å². The lowest BCUT2D eigenvalue weighted by atomic mass is 10.0. The van der Waals surface area contributed by atoms with E-state index in [2.05, 4.69) is 32.7 Å². The highest BCUT2D eigenvalue weighted by molar-refractivity contribution is 6.00. The van der Waals surface area contributed by atoms with Gasteiger partial charge in [0.2, 0.25) is 0 Å². The number of pyridine rings is 1. The number of nitrogens with two attached hydrogens (primary N) is 2. The van der Waals surface area contributed by atoms with Crippen LogP contribution in [0.4, 0.5) is 5.69 Å². The number of rotatable bonds is 7. The van der Waals surface area contributed by atoms with Crippen LogP contribution in [0.5, 0.6) is 0 Å². The topological polar surface area (TPSA) is 131 Å². The Labute approximate surface area is 183 Å². The molecule has 9 nitrogen and oxygen atoms in total. The smallest absolute Gasteiger partial charge is 0.251 e. The maximum atomic E-state index is 12.2. The van der Waals surface area contributed by atoms with E-state index in [0.717, 1.165) is 38.4 Å². The summed E-state index contributed by atoms with van der Waals surface area (Å²) in [5, 5.41) is 5.95. The van der Waals surface area contributed by atoms with E-state index in [0.29, 0.717) is 12.2 Å². The fourth-order valence-corrected chi connectivity index (χ4v) is 3.60. The van der Waals surface area contributed by atoms with Crippen LogP contribution in [0.25, 0.3) is 11.3 Å². The maximum Gasteiger partial charge on any atom is 0.251 e. The molecule has 9 heteroatoms. The van der Waals surface area contributed by atoms with Gasteiger partial charge in [-0.25, -0.2) is 9.98 Å². The fraction of sp³-hybridized carbons (Fsp3) is 0.409. The molecule has 1 saturated heterocycles. The zero-order valence-corrected chi connectivity index (χ0v) is 17.6. The molecule has 0 aliphatic carbocycles. The summed E-state index contributed by atoms with van der Waals surface area (Å²) >= 11 is 0. The van der Waals surface area contributed by atoms with E-state index in [1.165, 1.54) is 11.9 Å². The van der Waals surface area contributed by atoms with Gasteiger partial charge in [0.15, 0.2) is 0 Å². The van der Waals surface area contributed by atoms with E-state index in [1.807, 2.05) is 19.1 Å². The monoisotopic (exact) mass is 424 g/mol. The average Bonchev–Trinajstić information content (AvgIpc) is 2.79. The van der Waals surface area contributed by atoms with Crippen LogP contribution in [0, 0.1) is 0 Å². The standard InChI is InChI=1S/C22H29N7O2/c1-14(23)11-25-22-20-19(26-13-27-22)17(21(24)30)10-18(28-20)16-4-2-15(3-5-16)12-29-6-8-31-9-7-29/h2-5,10,13-14,22,25H,6-9,11-12,23H2,1H3,(H2,24,30)(H,26,27)/t14?,22-/m0/s1/i22D. The van der Waals surface area contributed by atoms with E-state index in [9.17, 15) is 4.79 Å². The minimum Gasteiger partial charge on any atom is -0.379 e. The molecule has 1 fully saturated rings. The molecule has 0 bridgehead atoms. The Morgan fingerprint density at radius 3 is 2.81 bits per heavy atom. The molecular formula is C22H29N7O2. The lowest BCUT2D eigenvalue weighted by molar-refractivity contribution is 0.0342. The molecule has 2 atom stereocenters. The van der Waals surface area contributed by atoms with Crippen molar-refractivity contribution < 1.29 is 10.9 Å². The van der Waals surface area contributed by atoms with Crippen molar-refractivity contribution in [3.63, 3.8) is 0 Å². The molecule has 0 spiro atoms. The van der Waals surface area contributed by atoms with Gasteiger partial charge in [0.1, 0.15) is 17.5 Å². The second kappa shape index (κ2) is 9.52. The van der Waals surface area contributed by atoms with Crippen LogP contribution in [0.3, 0.4) is 0 Å². The fourth-order valence-electron chi connectivity index (χ4n) is 3.60. The second-order valence-corrected chi connectivity index (χ2v) is 7.84. The Bertz CT molecular complexity index is 1010. The first-order chi connectivity index (χ1) is 15.4. The van der Waals surface area contributed by atoms with Gasteiger partial charge in [-0.3, -0.25) is 15.0 Å². The predicted molar refractivity (Wildman–Crippen MR) is 120 cm³/mol. The number of primary amides is 1. The number of amides is 1. The van der Waals surface area contributed by atoms with E-state index >= 15 is 0 Å². The Kier molecular flexibility index (Phi) is 6.17. The molecular weight excluding hydrogens is 394 g/mol. The van der Waals surface area contributed by atoms with Gasteiger partial charge in [-0.2, -0.15) is 0 Å². The number of aromatic nitrogens is 1. The molecule has 2 aliphatic rings. The number of fused-ring (bicyclic) bond motifs is 1. The van der Waals surface area contributed by atoms with E-state index in [1.54, 1.807) is 6.07 Å². The first-order valence-corrected chi connectivity index (χ1v) is 10.4. The van der Waals surface area contributed by atoms with Gasteiger partial charge in [0.25, 0.3) is 5.91 Å². The first-order valence-electron chi connectivity index (χ1n) is 10.9. The molecule has 1 unspecified atom stereocenters. The summed E-state index contributed by atoms with van der Waals surface area (Å²) < 4.78 is 14.3. The van der Waals surface area contributed by atoms with Crippen molar-refractivity contribution >= 4 is 17.9 Å². The first kappa shape index (κ1) is 20.1. The van der Waals surface area contributed by atoms with E-state index in [-0.39, 0.29) is 23.0 Å². The van der Waals surface area contributed by atoms with Gasteiger partial charge < -0.3 is 21.5 Å². The molecule has 1 aromatic heterocycles. The molecule has 1 amide bonds. The summed E-state index contributed by atoms with van der Waals surface area (Å²) in [5.74, 6) is -0.623. The van der Waals surface area contributed by atoms with Crippen molar-refractivity contribution in [2.45, 2.75) is 25.7 Å². The molecule has 1 aromatic carbocycles. The number of carbonyl (C=O) groups is 1. The molecule has 0 radical (unpaired) electrons. The summed E-state index contributed by atoms with van der Waals surface area (Å²) in [6, 6.07) is 9.50. The third kappa shape index (κ3) is 5.08. The Morgan fingerprint density at radius 2 is 2.13 bits per heavy atom. The predicted octanol–water partition coefficient (Wildman–Crippen LogP) is 0.878. The number of ether oxygens (including phenoxy) is 1. The summed E-state index contributed by atoms with van der Waals surface area (Å²) in [6.45, 7) is 6.42. The van der Waals surface area contributed by atoms with Crippen LogP contribution >= 0.6 is 0 Å². The maximum absolute atomic E-state index is 12.2. The number of morpholine rings is 1. The van der Waals surface area contributed by atoms with Crippen LogP contribution in [0.2, 0.25) is 0 Å². The highest BCUT2D eigenvalue weighted by Gasteiger charge is 2.25. The van der Waals surface area contributed by atoms with Gasteiger partial charge >= 0.3 is 0 Å². The molecule has 3 heterocycles. The third-order valence-corrected chi connectivity index (χ3v) is 5.26. The molecule has 2 aliphatic heterocycles. The second-order valence-electron chi connectivity index (χ2n) is 7.84. The van der Waals surface area contributed by atoms with Gasteiger partial charge in [0.05, 0.1) is 32.2 Å². The quantitative estimate of drug-likeness (QED) is 0.519. The summed E-state index contributed by atoms with van der Waals surface area (Å²) in [7, 11) is 0. The zero-order chi connectivity index (χ0) is 22.7. The molecule has 0 saturated carbocycles. The highest BCUT2D eigenvalue weighted by atomic mass is 16.5. The number of benzene rings is 1. The van der Waals surface area contributed by atoms with Crippen molar-refractivity contribution in [1.29, 1.82) is 0 Å². The van der Waals surface area contributed by atoms with E-state index < -0.39 is 12.0 Å². The summed E-state index contributed by atoms with van der Waals surface area (Å²) in [4.78, 5) is 23.5. The van der Waals surface area contributed by atoms with Crippen LogP contribution in [-0.4, -0.2) is 61.0 Å². The lowest BCUT2D eigenvalue weighted by Crippen LogP contribution is -2.41. The van der Waals surface area contributed by atoms with Gasteiger partial charge in [0, 0.05) is 37.8 Å². The van der Waals surface area contributed by atoms with Crippen molar-refractivity contribution in [2.24, 2.45) is 16.5 Å². The number of aliphatic imine (C=N–C) groups is 1. The highest BCUT2D eigenvalue weighted by Crippen LogP contribution is 2.33. The Balaban J connectivity index is 1.66. The zero-order valence-electron chi connectivity index (χ0n) is 18.6. The Morgan fingerprint density at radius 1 is 1.39 bits per heavy atom. The van der Waals surface area contributed by atoms with Crippen LogP contribution in [0.1, 0.15) is 36.1 Å². The van der Waals surface area contributed by atoms with Gasteiger partial charge in [-0.1, -0.05) is 24.3 Å². The molecule has 164 valence electrons. The number of nitrogens with one attached hydrogen (secondary N) is 2. The normalized spacial score (nSPS) is 22.3. The molecule has 2 aromatic rings. The van der Waals surface area contributed by atoms with Gasteiger partial charge in [-0.15, -0.1) is 0 Å².